The van der Waals surface area contributed by atoms with Gasteiger partial charge in [0.2, 0.25) is 0 Å². The molecule has 2 rings (SSSR count). The maximum absolute atomic E-state index is 5.95. The largest absolute Gasteiger partial charge is 0.370 e. The Labute approximate surface area is 119 Å². The van der Waals surface area contributed by atoms with E-state index in [9.17, 15) is 0 Å². The molecule has 0 saturated carbocycles. The van der Waals surface area contributed by atoms with E-state index in [4.69, 9.17) is 16.2 Å². The van der Waals surface area contributed by atoms with Gasteiger partial charge in [0.25, 0.3) is 0 Å². The second-order valence-electron chi connectivity index (χ2n) is 4.38. The summed E-state index contributed by atoms with van der Waals surface area (Å²) in [7, 11) is 0. The minimum atomic E-state index is -0.105. The van der Waals surface area contributed by atoms with Gasteiger partial charge in [0.05, 0.1) is 13.2 Å². The molecule has 4 heteroatoms. The van der Waals surface area contributed by atoms with Gasteiger partial charge < -0.3 is 16.2 Å². The average Bonchev–Trinajstić information content (AvgIpc) is 2.49. The Bertz CT molecular complexity index is 497. The van der Waals surface area contributed by atoms with Crippen LogP contribution in [-0.2, 0) is 4.74 Å². The number of hydrogen-bond acceptors (Lipinski definition) is 2. The van der Waals surface area contributed by atoms with E-state index in [1.54, 1.807) is 0 Å². The van der Waals surface area contributed by atoms with Crippen molar-refractivity contribution < 1.29 is 4.74 Å². The smallest absolute Gasteiger partial charge is 0.185 e. The highest BCUT2D eigenvalue weighted by Crippen LogP contribution is 2.25. The molecule has 0 amide bonds. The zero-order valence-electron chi connectivity index (χ0n) is 11.3. The van der Waals surface area contributed by atoms with Crippen molar-refractivity contribution in [3.63, 3.8) is 0 Å². The molecular weight excluding hydrogens is 250 g/mol. The Morgan fingerprint density at radius 1 is 0.900 bits per heavy atom. The van der Waals surface area contributed by atoms with Crippen molar-refractivity contribution >= 4 is 5.96 Å². The number of benzene rings is 2. The second-order valence-corrected chi connectivity index (χ2v) is 4.38. The summed E-state index contributed by atoms with van der Waals surface area (Å²) in [6.07, 6.45) is -0.105. The molecular formula is C16H19N3O. The van der Waals surface area contributed by atoms with Gasteiger partial charge in [0, 0.05) is 0 Å². The Balaban J connectivity index is 2.11. The molecule has 4 N–H and O–H groups in total. The topological polar surface area (TPSA) is 73.6 Å². The molecule has 0 atom stereocenters. The van der Waals surface area contributed by atoms with Crippen LogP contribution in [0.15, 0.2) is 65.7 Å². The Morgan fingerprint density at radius 3 is 1.85 bits per heavy atom. The summed E-state index contributed by atoms with van der Waals surface area (Å²) in [6.45, 7) is 0.921. The molecule has 0 radical (unpaired) electrons. The third-order valence-electron chi connectivity index (χ3n) is 2.87. The lowest BCUT2D eigenvalue weighted by atomic mass is 10.0. The first-order chi connectivity index (χ1) is 9.77. The maximum Gasteiger partial charge on any atom is 0.185 e. The number of guanidine groups is 1. The van der Waals surface area contributed by atoms with Crippen molar-refractivity contribution in [2.45, 2.75) is 6.10 Å². The van der Waals surface area contributed by atoms with Crippen LogP contribution in [0.25, 0.3) is 0 Å². The molecule has 20 heavy (non-hydrogen) atoms. The van der Waals surface area contributed by atoms with Gasteiger partial charge in [-0.25, -0.2) is 0 Å². The minimum absolute atomic E-state index is 0.0876. The quantitative estimate of drug-likeness (QED) is 0.479. The number of nitrogens with two attached hydrogens (primary N) is 2. The van der Waals surface area contributed by atoms with Gasteiger partial charge in [-0.1, -0.05) is 60.7 Å². The first-order valence-corrected chi connectivity index (χ1v) is 6.54. The van der Waals surface area contributed by atoms with E-state index < -0.39 is 0 Å². The molecule has 4 nitrogen and oxygen atoms in total. The number of nitrogens with zero attached hydrogens (tertiary/aromatic N) is 1. The zero-order chi connectivity index (χ0) is 14.2. The summed E-state index contributed by atoms with van der Waals surface area (Å²) in [5.41, 5.74) is 12.8. The summed E-state index contributed by atoms with van der Waals surface area (Å²) >= 11 is 0. The molecule has 2 aromatic rings. The molecule has 0 aliphatic carbocycles. The van der Waals surface area contributed by atoms with Crippen LogP contribution in [0, 0.1) is 0 Å². The highest BCUT2D eigenvalue weighted by atomic mass is 16.5. The van der Waals surface area contributed by atoms with E-state index in [0.29, 0.717) is 13.2 Å². The summed E-state index contributed by atoms with van der Waals surface area (Å²) in [6, 6.07) is 20.2. The van der Waals surface area contributed by atoms with Crippen molar-refractivity contribution in [1.82, 2.24) is 0 Å². The summed E-state index contributed by atoms with van der Waals surface area (Å²) in [4.78, 5) is 3.93. The van der Waals surface area contributed by atoms with Crippen LogP contribution >= 0.6 is 0 Å². The van der Waals surface area contributed by atoms with Gasteiger partial charge in [-0.15, -0.1) is 0 Å². The average molecular weight is 269 g/mol. The molecule has 0 bridgehead atoms. The van der Waals surface area contributed by atoms with Gasteiger partial charge in [-0.05, 0) is 11.1 Å². The second kappa shape index (κ2) is 7.31. The molecule has 104 valence electrons. The standard InChI is InChI=1S/C16H19N3O/c17-16(18)19-11-12-20-15(13-7-3-1-4-8-13)14-9-5-2-6-10-14/h1-10,15H,11-12H2,(H4,17,18,19). The maximum atomic E-state index is 5.95. The first kappa shape index (κ1) is 14.1. The van der Waals surface area contributed by atoms with Gasteiger partial charge in [0.1, 0.15) is 6.10 Å². The molecule has 0 aromatic heterocycles. The zero-order valence-corrected chi connectivity index (χ0v) is 11.3. The lowest BCUT2D eigenvalue weighted by Crippen LogP contribution is -2.23. The molecule has 2 aromatic carbocycles. The fourth-order valence-electron chi connectivity index (χ4n) is 1.99. The number of hydrogen-bond donors (Lipinski definition) is 2. The summed E-state index contributed by atoms with van der Waals surface area (Å²) in [5.74, 6) is 0.0876. The monoisotopic (exact) mass is 269 g/mol. The Hall–Kier alpha value is -2.33. The Morgan fingerprint density at radius 2 is 1.40 bits per heavy atom. The Kier molecular flexibility index (Phi) is 5.15. The van der Waals surface area contributed by atoms with Crippen LogP contribution in [0.5, 0.6) is 0 Å². The molecule has 0 aliphatic heterocycles. The van der Waals surface area contributed by atoms with E-state index in [1.165, 1.54) is 0 Å². The van der Waals surface area contributed by atoms with Crippen molar-refractivity contribution in [2.24, 2.45) is 16.5 Å². The number of aliphatic imine (C=N–C) groups is 1. The van der Waals surface area contributed by atoms with Crippen LogP contribution in [0.4, 0.5) is 0 Å². The van der Waals surface area contributed by atoms with E-state index in [1.807, 2.05) is 36.4 Å². The third kappa shape index (κ3) is 4.10. The summed E-state index contributed by atoms with van der Waals surface area (Å²) < 4.78 is 5.95. The van der Waals surface area contributed by atoms with Crippen LogP contribution in [-0.4, -0.2) is 19.1 Å². The van der Waals surface area contributed by atoms with Gasteiger partial charge in [-0.3, -0.25) is 4.99 Å². The third-order valence-corrected chi connectivity index (χ3v) is 2.87. The van der Waals surface area contributed by atoms with Crippen LogP contribution in [0.3, 0.4) is 0 Å². The van der Waals surface area contributed by atoms with Crippen LogP contribution < -0.4 is 11.5 Å². The number of ether oxygens (including phenoxy) is 1. The highest BCUT2D eigenvalue weighted by Gasteiger charge is 2.13. The fourth-order valence-corrected chi connectivity index (χ4v) is 1.99. The highest BCUT2D eigenvalue weighted by molar-refractivity contribution is 5.75. The lowest BCUT2D eigenvalue weighted by molar-refractivity contribution is 0.0867. The SMILES string of the molecule is NC(N)=NCCOC(c1ccccc1)c1ccccc1. The minimum Gasteiger partial charge on any atom is -0.370 e. The number of rotatable bonds is 6. The molecule has 0 aliphatic rings. The molecule has 0 unspecified atom stereocenters. The van der Waals surface area contributed by atoms with E-state index >= 15 is 0 Å². The fraction of sp³-hybridized carbons (Fsp3) is 0.188. The predicted molar refractivity (Wildman–Crippen MR) is 81.4 cm³/mol. The predicted octanol–water partition coefficient (Wildman–Crippen LogP) is 2.07. The first-order valence-electron chi connectivity index (χ1n) is 6.54. The lowest BCUT2D eigenvalue weighted by Gasteiger charge is -2.18. The summed E-state index contributed by atoms with van der Waals surface area (Å²) in [5, 5.41) is 0. The van der Waals surface area contributed by atoms with E-state index in [0.717, 1.165) is 11.1 Å². The van der Waals surface area contributed by atoms with Crippen molar-refractivity contribution in [3.05, 3.63) is 71.8 Å². The molecule has 0 heterocycles. The normalized spacial score (nSPS) is 10.4. The van der Waals surface area contributed by atoms with Crippen molar-refractivity contribution in [2.75, 3.05) is 13.2 Å². The van der Waals surface area contributed by atoms with Gasteiger partial charge >= 0.3 is 0 Å². The molecule has 0 fully saturated rings. The van der Waals surface area contributed by atoms with Crippen LogP contribution in [0.1, 0.15) is 17.2 Å². The van der Waals surface area contributed by atoms with E-state index in [-0.39, 0.29) is 12.1 Å². The van der Waals surface area contributed by atoms with Gasteiger partial charge in [0.15, 0.2) is 5.96 Å². The molecule has 0 saturated heterocycles. The van der Waals surface area contributed by atoms with Crippen LogP contribution in [0.2, 0.25) is 0 Å². The molecule has 0 spiro atoms. The van der Waals surface area contributed by atoms with Crippen molar-refractivity contribution in [3.8, 4) is 0 Å². The van der Waals surface area contributed by atoms with Crippen molar-refractivity contribution in [1.29, 1.82) is 0 Å². The van der Waals surface area contributed by atoms with Gasteiger partial charge in [-0.2, -0.15) is 0 Å². The van der Waals surface area contributed by atoms with E-state index in [2.05, 4.69) is 29.3 Å².